The van der Waals surface area contributed by atoms with Crippen LogP contribution in [0.3, 0.4) is 0 Å². The summed E-state index contributed by atoms with van der Waals surface area (Å²) < 4.78 is 5.71. The molecule has 2 aromatic rings. The number of furan rings is 1. The fourth-order valence-corrected chi connectivity index (χ4v) is 2.32. The zero-order valence-electron chi connectivity index (χ0n) is 12.3. The van der Waals surface area contributed by atoms with Crippen molar-refractivity contribution in [3.05, 3.63) is 36.1 Å². The molecule has 0 radical (unpaired) electrons. The number of fused-ring (bicyclic) bond motifs is 1. The zero-order chi connectivity index (χ0) is 14.7. The molecule has 0 saturated heterocycles. The number of hydrogen-bond donors (Lipinski definition) is 1. The third kappa shape index (κ3) is 3.39. The van der Waals surface area contributed by atoms with Crippen molar-refractivity contribution in [2.24, 2.45) is 11.7 Å². The Labute approximate surface area is 119 Å². The Morgan fingerprint density at radius 1 is 1.35 bits per heavy atom. The fraction of sp³-hybridized carbons (Fsp3) is 0.438. The molecule has 0 saturated carbocycles. The number of para-hydroxylation sites is 1. The molecule has 4 heteroatoms. The average Bonchev–Trinajstić information content (AvgIpc) is 2.78. The molecule has 0 aliphatic rings. The first-order chi connectivity index (χ1) is 9.47. The van der Waals surface area contributed by atoms with Crippen LogP contribution in [0.2, 0.25) is 0 Å². The van der Waals surface area contributed by atoms with Crippen LogP contribution in [0.4, 0.5) is 0 Å². The Morgan fingerprint density at radius 3 is 2.70 bits per heavy atom. The van der Waals surface area contributed by atoms with Crippen molar-refractivity contribution < 1.29 is 9.21 Å². The van der Waals surface area contributed by atoms with E-state index in [4.69, 9.17) is 10.2 Å². The van der Waals surface area contributed by atoms with Crippen LogP contribution in [0.1, 0.15) is 26.0 Å². The molecule has 1 heterocycles. The van der Waals surface area contributed by atoms with Gasteiger partial charge in [0.05, 0.1) is 12.6 Å². The molecule has 4 nitrogen and oxygen atoms in total. The maximum Gasteiger partial charge on any atom is 0.239 e. The van der Waals surface area contributed by atoms with Gasteiger partial charge in [-0.15, -0.1) is 0 Å². The van der Waals surface area contributed by atoms with Gasteiger partial charge in [0.15, 0.2) is 0 Å². The Hall–Kier alpha value is -1.81. The van der Waals surface area contributed by atoms with Crippen molar-refractivity contribution in [1.29, 1.82) is 0 Å². The van der Waals surface area contributed by atoms with Gasteiger partial charge in [0.2, 0.25) is 5.91 Å². The smallest absolute Gasteiger partial charge is 0.239 e. The Kier molecular flexibility index (Phi) is 4.45. The van der Waals surface area contributed by atoms with Crippen LogP contribution < -0.4 is 5.73 Å². The highest BCUT2D eigenvalue weighted by molar-refractivity contribution is 5.81. The minimum atomic E-state index is -0.440. The Bertz CT molecular complexity index is 556. The number of nitrogens with two attached hydrogens (primary N) is 1. The van der Waals surface area contributed by atoms with E-state index in [1.54, 1.807) is 11.9 Å². The maximum atomic E-state index is 12.2. The number of carbonyl (C=O) groups is 1. The molecule has 2 N–H and O–H groups in total. The summed E-state index contributed by atoms with van der Waals surface area (Å²) in [6.07, 6.45) is 0.698. The number of hydrogen-bond acceptors (Lipinski definition) is 3. The number of likely N-dealkylation sites (N-methyl/N-ethyl adjacent to an activating group) is 1. The van der Waals surface area contributed by atoms with Crippen molar-refractivity contribution in [3.63, 3.8) is 0 Å². The molecule has 2 rings (SSSR count). The first kappa shape index (κ1) is 14.6. The number of benzene rings is 1. The molecule has 0 fully saturated rings. The average molecular weight is 274 g/mol. The standard InChI is InChI=1S/C16H22N2O2/c1-11(2)8-14(17)16(19)18(3)10-13-9-12-6-4-5-7-15(12)20-13/h4-7,9,11,14H,8,10,17H2,1-3H3/t14-/m0/s1. The van der Waals surface area contributed by atoms with E-state index in [0.29, 0.717) is 18.9 Å². The van der Waals surface area contributed by atoms with E-state index in [-0.39, 0.29) is 5.91 Å². The van der Waals surface area contributed by atoms with Crippen molar-refractivity contribution >= 4 is 16.9 Å². The molecule has 0 unspecified atom stereocenters. The van der Waals surface area contributed by atoms with Crippen LogP contribution >= 0.6 is 0 Å². The topological polar surface area (TPSA) is 59.5 Å². The highest BCUT2D eigenvalue weighted by atomic mass is 16.3. The summed E-state index contributed by atoms with van der Waals surface area (Å²) in [5.41, 5.74) is 6.77. The molecule has 0 bridgehead atoms. The molecular weight excluding hydrogens is 252 g/mol. The van der Waals surface area contributed by atoms with Gasteiger partial charge in [0.25, 0.3) is 0 Å². The summed E-state index contributed by atoms with van der Waals surface area (Å²) in [5.74, 6) is 1.14. The SMILES string of the molecule is CC(C)C[C@H](N)C(=O)N(C)Cc1cc2ccccc2o1. The molecule has 1 aromatic carbocycles. The second-order valence-electron chi connectivity index (χ2n) is 5.68. The highest BCUT2D eigenvalue weighted by Crippen LogP contribution is 2.20. The quantitative estimate of drug-likeness (QED) is 0.912. The molecule has 20 heavy (non-hydrogen) atoms. The second kappa shape index (κ2) is 6.09. The van der Waals surface area contributed by atoms with Crippen LogP contribution in [0, 0.1) is 5.92 Å². The predicted octanol–water partition coefficient (Wildman–Crippen LogP) is 2.76. The molecule has 0 aliphatic heterocycles. The lowest BCUT2D eigenvalue weighted by atomic mass is 10.0. The molecule has 1 aromatic heterocycles. The maximum absolute atomic E-state index is 12.2. The van der Waals surface area contributed by atoms with Crippen LogP contribution in [0.5, 0.6) is 0 Å². The van der Waals surface area contributed by atoms with E-state index in [1.165, 1.54) is 0 Å². The van der Waals surface area contributed by atoms with Gasteiger partial charge < -0.3 is 15.1 Å². The Morgan fingerprint density at radius 2 is 2.05 bits per heavy atom. The van der Waals surface area contributed by atoms with E-state index in [2.05, 4.69) is 13.8 Å². The third-order valence-electron chi connectivity index (χ3n) is 3.29. The predicted molar refractivity (Wildman–Crippen MR) is 80.1 cm³/mol. The lowest BCUT2D eigenvalue weighted by Crippen LogP contribution is -2.42. The summed E-state index contributed by atoms with van der Waals surface area (Å²) >= 11 is 0. The van der Waals surface area contributed by atoms with E-state index < -0.39 is 6.04 Å². The van der Waals surface area contributed by atoms with Crippen LogP contribution in [-0.4, -0.2) is 23.9 Å². The normalized spacial score (nSPS) is 12.8. The minimum absolute atomic E-state index is 0.0424. The van der Waals surface area contributed by atoms with Crippen LogP contribution in [0.25, 0.3) is 11.0 Å². The fourth-order valence-electron chi connectivity index (χ4n) is 2.32. The van der Waals surface area contributed by atoms with Crippen molar-refractivity contribution in [2.45, 2.75) is 32.9 Å². The summed E-state index contributed by atoms with van der Waals surface area (Å²) in [6.45, 7) is 4.57. The van der Waals surface area contributed by atoms with E-state index in [0.717, 1.165) is 16.7 Å². The van der Waals surface area contributed by atoms with Gasteiger partial charge in [-0.25, -0.2) is 0 Å². The molecule has 1 amide bonds. The van der Waals surface area contributed by atoms with Gasteiger partial charge in [-0.3, -0.25) is 4.79 Å². The van der Waals surface area contributed by atoms with Gasteiger partial charge >= 0.3 is 0 Å². The van der Waals surface area contributed by atoms with Crippen LogP contribution in [-0.2, 0) is 11.3 Å². The monoisotopic (exact) mass is 274 g/mol. The van der Waals surface area contributed by atoms with Gasteiger partial charge in [-0.2, -0.15) is 0 Å². The van der Waals surface area contributed by atoms with E-state index >= 15 is 0 Å². The lowest BCUT2D eigenvalue weighted by molar-refractivity contribution is -0.132. The van der Waals surface area contributed by atoms with E-state index in [9.17, 15) is 4.79 Å². The van der Waals surface area contributed by atoms with Crippen LogP contribution in [0.15, 0.2) is 34.7 Å². The number of rotatable bonds is 5. The second-order valence-corrected chi connectivity index (χ2v) is 5.68. The molecule has 1 atom stereocenters. The third-order valence-corrected chi connectivity index (χ3v) is 3.29. The highest BCUT2D eigenvalue weighted by Gasteiger charge is 2.20. The summed E-state index contributed by atoms with van der Waals surface area (Å²) in [6, 6.07) is 9.34. The molecular formula is C16H22N2O2. The van der Waals surface area contributed by atoms with E-state index in [1.807, 2.05) is 30.3 Å². The van der Waals surface area contributed by atoms with Crippen molar-refractivity contribution in [2.75, 3.05) is 7.05 Å². The number of amides is 1. The lowest BCUT2D eigenvalue weighted by Gasteiger charge is -2.21. The van der Waals surface area contributed by atoms with Crippen molar-refractivity contribution in [1.82, 2.24) is 4.90 Å². The van der Waals surface area contributed by atoms with Gasteiger partial charge in [-0.05, 0) is 24.5 Å². The van der Waals surface area contributed by atoms with Crippen molar-refractivity contribution in [3.8, 4) is 0 Å². The summed E-state index contributed by atoms with van der Waals surface area (Å²) in [7, 11) is 1.76. The molecule has 0 aliphatic carbocycles. The first-order valence-corrected chi connectivity index (χ1v) is 6.95. The van der Waals surface area contributed by atoms with Gasteiger partial charge in [0.1, 0.15) is 11.3 Å². The summed E-state index contributed by atoms with van der Waals surface area (Å²) in [5, 5.41) is 1.05. The van der Waals surface area contributed by atoms with Gasteiger partial charge in [-0.1, -0.05) is 32.0 Å². The zero-order valence-corrected chi connectivity index (χ0v) is 12.3. The minimum Gasteiger partial charge on any atom is -0.459 e. The Balaban J connectivity index is 2.03. The molecule has 0 spiro atoms. The first-order valence-electron chi connectivity index (χ1n) is 6.95. The number of nitrogens with zero attached hydrogens (tertiary/aromatic N) is 1. The van der Waals surface area contributed by atoms with Gasteiger partial charge in [0, 0.05) is 12.4 Å². The largest absolute Gasteiger partial charge is 0.459 e. The molecule has 108 valence electrons. The summed E-state index contributed by atoms with van der Waals surface area (Å²) in [4.78, 5) is 13.8. The number of carbonyl (C=O) groups excluding carboxylic acids is 1.